The van der Waals surface area contributed by atoms with E-state index in [1.807, 2.05) is 0 Å². The molecule has 0 aliphatic rings. The molecule has 396 valence electrons. The first-order valence-electron chi connectivity index (χ1n) is 27.3. The molecule has 0 heterocycles. The van der Waals surface area contributed by atoms with E-state index in [2.05, 4.69) is 36.7 Å². The number of ether oxygens (including phenoxy) is 3. The van der Waals surface area contributed by atoms with Gasteiger partial charge in [-0.05, 0) is 31.4 Å². The number of unbranched alkanes of at least 4 members (excludes halogenated alkanes) is 27. The van der Waals surface area contributed by atoms with Gasteiger partial charge in [-0.3, -0.25) is 14.4 Å². The highest BCUT2D eigenvalue weighted by Gasteiger charge is 2.34. The molecule has 0 aromatic heterocycles. The van der Waals surface area contributed by atoms with Gasteiger partial charge in [0.05, 0.1) is 26.4 Å². The van der Waals surface area contributed by atoms with E-state index in [9.17, 15) is 34.8 Å². The number of amides is 3. The molecule has 4 atom stereocenters. The van der Waals surface area contributed by atoms with Crippen LogP contribution in [0.2, 0.25) is 0 Å². The fraction of sp³-hybridized carbons (Fsp3) is 0.833. The quantitative estimate of drug-likeness (QED) is 0.0288. The van der Waals surface area contributed by atoms with Gasteiger partial charge in [0.25, 0.3) is 11.8 Å². The summed E-state index contributed by atoms with van der Waals surface area (Å²) in [4.78, 5) is 38.3. The summed E-state index contributed by atoms with van der Waals surface area (Å²) in [6.07, 6.45) is 28.5. The van der Waals surface area contributed by atoms with Crippen LogP contribution in [-0.4, -0.2) is 114 Å². The van der Waals surface area contributed by atoms with Gasteiger partial charge in [0, 0.05) is 31.6 Å². The van der Waals surface area contributed by atoms with E-state index in [1.165, 1.54) is 141 Å². The monoisotopic (exact) mass is 966 g/mol. The fourth-order valence-corrected chi connectivity index (χ4v) is 8.02. The van der Waals surface area contributed by atoms with Crippen LogP contribution in [0, 0.1) is 0 Å². The summed E-state index contributed by atoms with van der Waals surface area (Å²) >= 11 is 0. The van der Waals surface area contributed by atoms with Gasteiger partial charge in [0.1, 0.15) is 18.3 Å². The minimum absolute atomic E-state index is 0.106. The molecule has 14 heteroatoms. The first-order chi connectivity index (χ1) is 33.1. The van der Waals surface area contributed by atoms with Crippen LogP contribution in [0.4, 0.5) is 0 Å². The number of aliphatic hydroxyl groups excluding tert-OH is 5. The predicted octanol–water partition coefficient (Wildman–Crippen LogP) is 9.37. The van der Waals surface area contributed by atoms with Gasteiger partial charge < -0.3 is 55.7 Å². The molecule has 0 radical (unpaired) electrons. The second-order valence-electron chi connectivity index (χ2n) is 18.7. The van der Waals surface area contributed by atoms with E-state index >= 15 is 0 Å². The van der Waals surface area contributed by atoms with Crippen molar-refractivity contribution in [1.29, 1.82) is 0 Å². The Morgan fingerprint density at radius 2 is 0.838 bits per heavy atom. The molecule has 14 nitrogen and oxygen atoms in total. The molecule has 0 saturated heterocycles. The minimum Gasteiger partial charge on any atom is -0.490 e. The Morgan fingerprint density at radius 3 is 1.24 bits per heavy atom. The topological polar surface area (TPSA) is 216 Å². The van der Waals surface area contributed by atoms with Crippen LogP contribution in [0.3, 0.4) is 0 Å². The number of rotatable bonds is 48. The zero-order valence-corrected chi connectivity index (χ0v) is 43.0. The lowest BCUT2D eigenvalue weighted by Gasteiger charge is -2.24. The maximum Gasteiger partial charge on any atom is 0.251 e. The van der Waals surface area contributed by atoms with E-state index in [4.69, 9.17) is 19.3 Å². The molecule has 0 fully saturated rings. The zero-order chi connectivity index (χ0) is 49.9. The molecule has 1 rings (SSSR count). The molecule has 3 amide bonds. The number of aliphatic hydroxyl groups is 5. The van der Waals surface area contributed by atoms with Crippen LogP contribution in [0.15, 0.2) is 12.1 Å². The standard InChI is InChI=1S/C54H99N3O11/c1-4-7-10-13-16-19-22-25-28-31-38-66-46-41-44(53(64)57-37-36-55-48(60)34-35-56-54(65)51(63)50(62)49(61)45(59)43-58)42-47(67-39-32-29-26-23-20-17-14-11-8-5-2)52(46)68-40-33-30-27-24-21-18-15-12-9-6-3/h41-42,45,49-51,58-59,61-63H,4-40,43H2,1-3H3,(H,55,60)(H,56,65)(H,57,64)/t45-,49-,50+,51-/m1/s1. The van der Waals surface area contributed by atoms with Gasteiger partial charge in [-0.15, -0.1) is 0 Å². The predicted molar refractivity (Wildman–Crippen MR) is 273 cm³/mol. The molecule has 8 N–H and O–H groups in total. The Kier molecular flexibility index (Phi) is 40.5. The lowest BCUT2D eigenvalue weighted by Crippen LogP contribution is -2.52. The van der Waals surface area contributed by atoms with Crippen molar-refractivity contribution < 1.29 is 54.1 Å². The smallest absolute Gasteiger partial charge is 0.251 e. The molecular weight excluding hydrogens is 867 g/mol. The number of carbonyl (C=O) groups is 3. The highest BCUT2D eigenvalue weighted by atomic mass is 16.5. The largest absolute Gasteiger partial charge is 0.490 e. The third-order valence-electron chi connectivity index (χ3n) is 12.4. The first-order valence-corrected chi connectivity index (χ1v) is 27.3. The van der Waals surface area contributed by atoms with Gasteiger partial charge in [-0.2, -0.15) is 0 Å². The SMILES string of the molecule is CCCCCCCCCCCCOc1cc(C(=O)NCCNC(=O)CCNC(=O)[C@H](O)[C@@H](O)[C@H](O)[C@H](O)CO)cc(OCCCCCCCCCCCC)c1OCCCCCCCCCCCC. The summed E-state index contributed by atoms with van der Waals surface area (Å²) in [7, 11) is 0. The van der Waals surface area contributed by atoms with E-state index in [-0.39, 0.29) is 32.0 Å². The van der Waals surface area contributed by atoms with Gasteiger partial charge in [-0.25, -0.2) is 0 Å². The lowest BCUT2D eigenvalue weighted by molar-refractivity contribution is -0.148. The van der Waals surface area contributed by atoms with Crippen molar-refractivity contribution in [2.45, 2.75) is 244 Å². The van der Waals surface area contributed by atoms with Crippen molar-refractivity contribution in [3.05, 3.63) is 17.7 Å². The fourth-order valence-electron chi connectivity index (χ4n) is 8.02. The molecule has 0 unspecified atom stereocenters. The van der Waals surface area contributed by atoms with Crippen LogP contribution < -0.4 is 30.2 Å². The summed E-state index contributed by atoms with van der Waals surface area (Å²) in [5.74, 6) is -0.329. The lowest BCUT2D eigenvalue weighted by atomic mass is 10.0. The van der Waals surface area contributed by atoms with Gasteiger partial charge in [0.2, 0.25) is 11.7 Å². The Labute approximate surface area is 411 Å². The molecule has 0 bridgehead atoms. The summed E-state index contributed by atoms with van der Waals surface area (Å²) < 4.78 is 19.3. The first kappa shape index (κ1) is 62.8. The average Bonchev–Trinajstić information content (AvgIpc) is 3.34. The summed E-state index contributed by atoms with van der Waals surface area (Å²) in [5, 5.41) is 55.9. The van der Waals surface area contributed by atoms with E-state index in [0.29, 0.717) is 42.6 Å². The van der Waals surface area contributed by atoms with Crippen LogP contribution in [0.5, 0.6) is 17.2 Å². The Hall–Kier alpha value is -3.17. The van der Waals surface area contributed by atoms with E-state index in [1.54, 1.807) is 12.1 Å². The zero-order valence-electron chi connectivity index (χ0n) is 43.0. The number of hydrogen-bond acceptors (Lipinski definition) is 11. The van der Waals surface area contributed by atoms with Crippen molar-refractivity contribution in [3.63, 3.8) is 0 Å². The molecule has 0 spiro atoms. The summed E-state index contributed by atoms with van der Waals surface area (Å²) in [5.41, 5.74) is 0.360. The number of nitrogens with one attached hydrogen (secondary N) is 3. The Bertz CT molecular complexity index is 1340. The van der Waals surface area contributed by atoms with Crippen molar-refractivity contribution in [1.82, 2.24) is 16.0 Å². The highest BCUT2D eigenvalue weighted by Crippen LogP contribution is 2.40. The third kappa shape index (κ3) is 31.9. The molecule has 0 saturated carbocycles. The van der Waals surface area contributed by atoms with E-state index in [0.717, 1.165) is 51.4 Å². The average molecular weight is 966 g/mol. The maximum atomic E-state index is 13.6. The second-order valence-corrected chi connectivity index (χ2v) is 18.7. The minimum atomic E-state index is -2.09. The molecule has 1 aromatic carbocycles. The molecular formula is C54H99N3O11. The van der Waals surface area contributed by atoms with Gasteiger partial charge >= 0.3 is 0 Å². The summed E-state index contributed by atoms with van der Waals surface area (Å²) in [6.45, 7) is 7.41. The third-order valence-corrected chi connectivity index (χ3v) is 12.4. The molecule has 68 heavy (non-hydrogen) atoms. The van der Waals surface area contributed by atoms with Crippen LogP contribution >= 0.6 is 0 Å². The van der Waals surface area contributed by atoms with Crippen LogP contribution in [0.25, 0.3) is 0 Å². The molecule has 0 aliphatic heterocycles. The number of carbonyl (C=O) groups excluding carboxylic acids is 3. The van der Waals surface area contributed by atoms with Crippen molar-refractivity contribution in [2.24, 2.45) is 0 Å². The van der Waals surface area contributed by atoms with Crippen LogP contribution in [0.1, 0.15) is 230 Å². The van der Waals surface area contributed by atoms with E-state index < -0.39 is 42.8 Å². The molecule has 1 aromatic rings. The van der Waals surface area contributed by atoms with Gasteiger partial charge in [-0.1, -0.05) is 194 Å². The number of benzene rings is 1. The number of hydrogen-bond donors (Lipinski definition) is 8. The van der Waals surface area contributed by atoms with Crippen molar-refractivity contribution in [2.75, 3.05) is 46.1 Å². The maximum absolute atomic E-state index is 13.6. The Morgan fingerprint density at radius 1 is 0.471 bits per heavy atom. The second kappa shape index (κ2) is 43.8. The normalized spacial score (nSPS) is 13.1. The summed E-state index contributed by atoms with van der Waals surface area (Å²) in [6, 6.07) is 3.45. The van der Waals surface area contributed by atoms with Gasteiger partial charge in [0.15, 0.2) is 17.6 Å². The van der Waals surface area contributed by atoms with Crippen molar-refractivity contribution >= 4 is 17.7 Å². The van der Waals surface area contributed by atoms with Crippen molar-refractivity contribution in [3.8, 4) is 17.2 Å². The van der Waals surface area contributed by atoms with Crippen LogP contribution in [-0.2, 0) is 9.59 Å². The highest BCUT2D eigenvalue weighted by molar-refractivity contribution is 5.95. The Balaban J connectivity index is 2.95. The molecule has 0 aliphatic carbocycles.